The second-order valence-electron chi connectivity index (χ2n) is 5.35. The van der Waals surface area contributed by atoms with Crippen molar-refractivity contribution >= 4 is 15.9 Å². The molecule has 0 spiro atoms. The number of halogens is 1. The molecule has 1 aromatic heterocycles. The van der Waals surface area contributed by atoms with Crippen LogP contribution in [0.25, 0.3) is 0 Å². The first-order valence-corrected chi connectivity index (χ1v) is 7.77. The van der Waals surface area contributed by atoms with Gasteiger partial charge < -0.3 is 9.47 Å². The van der Waals surface area contributed by atoms with Crippen molar-refractivity contribution < 1.29 is 9.47 Å². The highest BCUT2D eigenvalue weighted by atomic mass is 79.9. The van der Waals surface area contributed by atoms with Gasteiger partial charge in [0.25, 0.3) is 0 Å². The third kappa shape index (κ3) is 3.58. The molecule has 0 aromatic carbocycles. The fourth-order valence-electron chi connectivity index (χ4n) is 2.65. The van der Waals surface area contributed by atoms with Gasteiger partial charge in [-0.2, -0.15) is 5.10 Å². The molecule has 1 fully saturated rings. The topological polar surface area (TPSA) is 36.3 Å². The van der Waals surface area contributed by atoms with Gasteiger partial charge in [-0.05, 0) is 49.0 Å². The molecular weight excluding hydrogens is 308 g/mol. The average Bonchev–Trinajstić information content (AvgIpc) is 2.61. The number of ether oxygens (including phenoxy) is 2. The van der Waals surface area contributed by atoms with Gasteiger partial charge in [0.15, 0.2) is 0 Å². The van der Waals surface area contributed by atoms with E-state index in [0.29, 0.717) is 6.61 Å². The second-order valence-corrected chi connectivity index (χ2v) is 6.14. The molecule has 1 aliphatic rings. The van der Waals surface area contributed by atoms with Gasteiger partial charge in [-0.15, -0.1) is 0 Å². The van der Waals surface area contributed by atoms with Crippen LogP contribution in [0.2, 0.25) is 0 Å². The van der Waals surface area contributed by atoms with Crippen LogP contribution in [0.1, 0.15) is 45.0 Å². The number of hydrogen-bond acceptors (Lipinski definition) is 3. The first-order valence-electron chi connectivity index (χ1n) is 6.98. The van der Waals surface area contributed by atoms with Crippen LogP contribution >= 0.6 is 15.9 Å². The first-order chi connectivity index (χ1) is 9.01. The molecule has 0 saturated carbocycles. The quantitative estimate of drug-likeness (QED) is 0.850. The van der Waals surface area contributed by atoms with Gasteiger partial charge >= 0.3 is 0 Å². The van der Waals surface area contributed by atoms with Crippen molar-refractivity contribution in [1.29, 1.82) is 0 Å². The third-order valence-electron chi connectivity index (χ3n) is 3.61. The monoisotopic (exact) mass is 330 g/mol. The van der Waals surface area contributed by atoms with Gasteiger partial charge in [0.2, 0.25) is 0 Å². The molecule has 4 nitrogen and oxygen atoms in total. The van der Waals surface area contributed by atoms with Crippen molar-refractivity contribution in [2.24, 2.45) is 7.05 Å². The zero-order valence-corrected chi connectivity index (χ0v) is 13.7. The fourth-order valence-corrected chi connectivity index (χ4v) is 3.38. The number of aryl methyl sites for hydroxylation is 2. The zero-order valence-electron chi connectivity index (χ0n) is 12.1. The van der Waals surface area contributed by atoms with E-state index in [0.717, 1.165) is 35.1 Å². The van der Waals surface area contributed by atoms with Gasteiger partial charge in [-0.1, -0.05) is 6.92 Å². The summed E-state index contributed by atoms with van der Waals surface area (Å²) in [6.07, 6.45) is 3.73. The molecule has 2 atom stereocenters. The molecule has 5 heteroatoms. The largest absolute Gasteiger partial charge is 0.375 e. The molecule has 0 amide bonds. The number of aromatic nitrogens is 2. The molecule has 19 heavy (non-hydrogen) atoms. The minimum atomic E-state index is 0.283. The normalized spacial score (nSPS) is 27.7. The summed E-state index contributed by atoms with van der Waals surface area (Å²) in [4.78, 5) is 0. The molecule has 1 saturated heterocycles. The Morgan fingerprint density at radius 2 is 2.00 bits per heavy atom. The van der Waals surface area contributed by atoms with Crippen LogP contribution in [0.3, 0.4) is 0 Å². The molecule has 0 aliphatic carbocycles. The number of rotatable bonds is 4. The van der Waals surface area contributed by atoms with Crippen LogP contribution < -0.4 is 0 Å². The van der Waals surface area contributed by atoms with Gasteiger partial charge in [0.1, 0.15) is 0 Å². The van der Waals surface area contributed by atoms with Crippen molar-refractivity contribution in [2.75, 3.05) is 0 Å². The van der Waals surface area contributed by atoms with Crippen molar-refractivity contribution in [3.63, 3.8) is 0 Å². The maximum Gasteiger partial charge on any atom is 0.0900 e. The summed E-state index contributed by atoms with van der Waals surface area (Å²) in [5.74, 6) is 0. The van der Waals surface area contributed by atoms with Crippen LogP contribution in [0, 0.1) is 0 Å². The summed E-state index contributed by atoms with van der Waals surface area (Å²) in [6.45, 7) is 6.94. The van der Waals surface area contributed by atoms with E-state index in [-0.39, 0.29) is 18.3 Å². The van der Waals surface area contributed by atoms with E-state index in [1.54, 1.807) is 0 Å². The van der Waals surface area contributed by atoms with Crippen molar-refractivity contribution in [2.45, 2.75) is 65.0 Å². The molecule has 1 aliphatic heterocycles. The minimum Gasteiger partial charge on any atom is -0.375 e. The Kier molecular flexibility index (Phi) is 5.03. The minimum absolute atomic E-state index is 0.283. The Labute approximate surface area is 123 Å². The van der Waals surface area contributed by atoms with Crippen LogP contribution in [0.5, 0.6) is 0 Å². The third-order valence-corrected chi connectivity index (χ3v) is 4.53. The Bertz CT molecular complexity index is 423. The predicted octanol–water partition coefficient (Wildman–Crippen LogP) is 3.22. The van der Waals surface area contributed by atoms with E-state index in [1.165, 1.54) is 0 Å². The molecule has 2 rings (SSSR count). The zero-order chi connectivity index (χ0) is 14.0. The van der Waals surface area contributed by atoms with Crippen LogP contribution in [0.15, 0.2) is 4.47 Å². The number of hydrogen-bond donors (Lipinski definition) is 0. The van der Waals surface area contributed by atoms with Gasteiger partial charge in [0.05, 0.1) is 40.8 Å². The molecule has 108 valence electrons. The highest BCUT2D eigenvalue weighted by Gasteiger charge is 2.25. The Morgan fingerprint density at radius 1 is 1.37 bits per heavy atom. The molecule has 0 radical (unpaired) electrons. The molecule has 2 unspecified atom stereocenters. The van der Waals surface area contributed by atoms with E-state index >= 15 is 0 Å². The van der Waals surface area contributed by atoms with Crippen LogP contribution in [-0.4, -0.2) is 28.1 Å². The van der Waals surface area contributed by atoms with Crippen molar-refractivity contribution in [3.05, 3.63) is 15.9 Å². The summed E-state index contributed by atoms with van der Waals surface area (Å²) in [5.41, 5.74) is 2.21. The standard InChI is InChI=1S/C14H23BrN2O2/c1-5-12-14(15)13(17(4)16-12)8-18-11-6-9(2)19-10(3)7-11/h9-11H,5-8H2,1-4H3. The maximum absolute atomic E-state index is 6.06. The van der Waals surface area contributed by atoms with Crippen LogP contribution in [-0.2, 0) is 29.5 Å². The highest BCUT2D eigenvalue weighted by molar-refractivity contribution is 9.10. The lowest BCUT2D eigenvalue weighted by molar-refractivity contribution is -0.106. The van der Waals surface area contributed by atoms with E-state index in [9.17, 15) is 0 Å². The highest BCUT2D eigenvalue weighted by Crippen LogP contribution is 2.26. The SMILES string of the molecule is CCc1nn(C)c(COC2CC(C)OC(C)C2)c1Br. The van der Waals surface area contributed by atoms with Gasteiger partial charge in [-0.3, -0.25) is 4.68 Å². The molecular formula is C14H23BrN2O2. The Balaban J connectivity index is 1.97. The van der Waals surface area contributed by atoms with E-state index < -0.39 is 0 Å². The van der Waals surface area contributed by atoms with Crippen molar-refractivity contribution in [3.8, 4) is 0 Å². The van der Waals surface area contributed by atoms with E-state index in [1.807, 2.05) is 11.7 Å². The summed E-state index contributed by atoms with van der Waals surface area (Å²) >= 11 is 3.62. The number of nitrogens with zero attached hydrogens (tertiary/aromatic N) is 2. The predicted molar refractivity (Wildman–Crippen MR) is 78.1 cm³/mol. The molecule has 0 N–H and O–H groups in total. The fraction of sp³-hybridized carbons (Fsp3) is 0.786. The molecule has 1 aromatic rings. The molecule has 0 bridgehead atoms. The van der Waals surface area contributed by atoms with Gasteiger partial charge in [0, 0.05) is 7.05 Å². The lowest BCUT2D eigenvalue weighted by atomic mass is 10.0. The lowest BCUT2D eigenvalue weighted by Crippen LogP contribution is -2.34. The summed E-state index contributed by atoms with van der Waals surface area (Å²) in [7, 11) is 1.97. The van der Waals surface area contributed by atoms with E-state index in [2.05, 4.69) is 41.8 Å². The summed E-state index contributed by atoms with van der Waals surface area (Å²) in [6, 6.07) is 0. The van der Waals surface area contributed by atoms with Crippen molar-refractivity contribution in [1.82, 2.24) is 9.78 Å². The molecule has 2 heterocycles. The maximum atomic E-state index is 6.06. The lowest BCUT2D eigenvalue weighted by Gasteiger charge is -2.32. The average molecular weight is 331 g/mol. The Hall–Kier alpha value is -0.390. The second kappa shape index (κ2) is 6.37. The first kappa shape index (κ1) is 15.0. The van der Waals surface area contributed by atoms with Gasteiger partial charge in [-0.25, -0.2) is 0 Å². The Morgan fingerprint density at radius 3 is 2.53 bits per heavy atom. The van der Waals surface area contributed by atoms with E-state index in [4.69, 9.17) is 9.47 Å². The van der Waals surface area contributed by atoms with Crippen LogP contribution in [0.4, 0.5) is 0 Å². The summed E-state index contributed by atoms with van der Waals surface area (Å²) in [5, 5.41) is 4.49. The smallest absolute Gasteiger partial charge is 0.0900 e. The summed E-state index contributed by atoms with van der Waals surface area (Å²) < 4.78 is 14.8.